The van der Waals surface area contributed by atoms with Crippen molar-refractivity contribution in [1.82, 2.24) is 0 Å². The fourth-order valence-corrected chi connectivity index (χ4v) is 5.39. The number of rotatable bonds is 5. The number of benzene rings is 2. The van der Waals surface area contributed by atoms with Crippen molar-refractivity contribution >= 4 is 50.9 Å². The van der Waals surface area contributed by atoms with Crippen molar-refractivity contribution < 1.29 is 23.8 Å². The normalized spacial score (nSPS) is 19.3. The molecule has 6 nitrogen and oxygen atoms in total. The first kappa shape index (κ1) is 25.6. The van der Waals surface area contributed by atoms with Gasteiger partial charge in [0.05, 0.1) is 13.0 Å². The van der Waals surface area contributed by atoms with E-state index in [2.05, 4.69) is 15.9 Å². The molecule has 0 saturated carbocycles. The highest BCUT2D eigenvalue weighted by molar-refractivity contribution is 9.10. The van der Waals surface area contributed by atoms with E-state index in [1.807, 2.05) is 13.8 Å². The number of ketones is 1. The molecule has 0 bridgehead atoms. The van der Waals surface area contributed by atoms with Gasteiger partial charge in [-0.25, -0.2) is 4.79 Å². The molecule has 2 aromatic carbocycles. The van der Waals surface area contributed by atoms with Crippen LogP contribution in [0, 0.1) is 5.41 Å². The molecule has 2 aromatic rings. The molecule has 0 spiro atoms. The van der Waals surface area contributed by atoms with Crippen molar-refractivity contribution in [3.63, 3.8) is 0 Å². The SMILES string of the molecule is COC(=O)C1=C(N)OC2=C(C(=O)CC(C)(C)C2)C1c1cc(Br)ccc1OCc1c(Cl)cccc1Cl. The molecule has 184 valence electrons. The monoisotopic (exact) mass is 579 g/mol. The topological polar surface area (TPSA) is 87.9 Å². The maximum Gasteiger partial charge on any atom is 0.340 e. The van der Waals surface area contributed by atoms with Gasteiger partial charge in [0.25, 0.3) is 0 Å². The number of halogens is 3. The van der Waals surface area contributed by atoms with Crippen molar-refractivity contribution in [1.29, 1.82) is 0 Å². The fraction of sp³-hybridized carbons (Fsp3) is 0.308. The van der Waals surface area contributed by atoms with E-state index in [0.29, 0.717) is 51.1 Å². The minimum absolute atomic E-state index is 0.0537. The molecule has 1 heterocycles. The van der Waals surface area contributed by atoms with E-state index in [1.54, 1.807) is 36.4 Å². The lowest BCUT2D eigenvalue weighted by Crippen LogP contribution is -2.35. The largest absolute Gasteiger partial charge is 0.488 e. The molecule has 1 atom stereocenters. The Hall–Kier alpha value is -2.48. The highest BCUT2D eigenvalue weighted by atomic mass is 79.9. The number of ether oxygens (including phenoxy) is 3. The van der Waals surface area contributed by atoms with Crippen LogP contribution in [-0.4, -0.2) is 18.9 Å². The molecule has 0 aromatic heterocycles. The van der Waals surface area contributed by atoms with Gasteiger partial charge in [-0.3, -0.25) is 4.79 Å². The van der Waals surface area contributed by atoms with Gasteiger partial charge in [0.15, 0.2) is 5.78 Å². The summed E-state index contributed by atoms with van der Waals surface area (Å²) in [4.78, 5) is 26.3. The lowest BCUT2D eigenvalue weighted by Gasteiger charge is -2.38. The highest BCUT2D eigenvalue weighted by Gasteiger charge is 2.45. The minimum Gasteiger partial charge on any atom is -0.488 e. The molecule has 2 aliphatic rings. The number of hydrogen-bond acceptors (Lipinski definition) is 6. The van der Waals surface area contributed by atoms with Crippen molar-refractivity contribution in [3.05, 3.63) is 84.8 Å². The Bertz CT molecular complexity index is 1260. The van der Waals surface area contributed by atoms with Crippen LogP contribution in [-0.2, 0) is 25.7 Å². The number of methoxy groups -OCH3 is 1. The highest BCUT2D eigenvalue weighted by Crippen LogP contribution is 2.50. The van der Waals surface area contributed by atoms with E-state index in [0.717, 1.165) is 4.47 Å². The molecule has 2 N–H and O–H groups in total. The summed E-state index contributed by atoms with van der Waals surface area (Å²) in [6.07, 6.45) is 0.804. The summed E-state index contributed by atoms with van der Waals surface area (Å²) < 4.78 is 17.8. The Labute approximate surface area is 222 Å². The lowest BCUT2D eigenvalue weighted by molar-refractivity contribution is -0.136. The number of carbonyl (C=O) groups excluding carboxylic acids is 2. The fourth-order valence-electron chi connectivity index (χ4n) is 4.50. The lowest BCUT2D eigenvalue weighted by atomic mass is 9.70. The van der Waals surface area contributed by atoms with Crippen LogP contribution >= 0.6 is 39.1 Å². The Kier molecular flexibility index (Phi) is 7.23. The second-order valence-corrected chi connectivity index (χ2v) is 11.0. The van der Waals surface area contributed by atoms with E-state index in [9.17, 15) is 9.59 Å². The van der Waals surface area contributed by atoms with Crippen LogP contribution in [0.15, 0.2) is 63.7 Å². The minimum atomic E-state index is -0.830. The van der Waals surface area contributed by atoms with E-state index in [4.69, 9.17) is 43.1 Å². The molecule has 9 heteroatoms. The predicted octanol–water partition coefficient (Wildman–Crippen LogP) is 6.44. The number of esters is 1. The first-order chi connectivity index (χ1) is 16.5. The van der Waals surface area contributed by atoms with Crippen molar-refractivity contribution in [2.75, 3.05) is 7.11 Å². The van der Waals surface area contributed by atoms with E-state index >= 15 is 0 Å². The maximum absolute atomic E-state index is 13.4. The molecule has 1 aliphatic heterocycles. The third-order valence-corrected chi connectivity index (χ3v) is 7.28. The Morgan fingerprint density at radius 2 is 1.89 bits per heavy atom. The Balaban J connectivity index is 1.85. The zero-order chi connectivity index (χ0) is 25.5. The van der Waals surface area contributed by atoms with Crippen LogP contribution in [0.3, 0.4) is 0 Å². The van der Waals surface area contributed by atoms with Gasteiger partial charge in [-0.2, -0.15) is 0 Å². The van der Waals surface area contributed by atoms with Crippen LogP contribution in [0.1, 0.15) is 43.7 Å². The molecular weight excluding hydrogens is 557 g/mol. The van der Waals surface area contributed by atoms with Gasteiger partial charge < -0.3 is 19.9 Å². The molecule has 35 heavy (non-hydrogen) atoms. The molecule has 0 fully saturated rings. The van der Waals surface area contributed by atoms with Gasteiger partial charge >= 0.3 is 5.97 Å². The zero-order valence-corrected chi connectivity index (χ0v) is 22.5. The van der Waals surface area contributed by atoms with Gasteiger partial charge in [0, 0.05) is 44.1 Å². The third-order valence-electron chi connectivity index (χ3n) is 6.08. The van der Waals surface area contributed by atoms with Crippen molar-refractivity contribution in [3.8, 4) is 5.75 Å². The van der Waals surface area contributed by atoms with Gasteiger partial charge in [-0.15, -0.1) is 0 Å². The smallest absolute Gasteiger partial charge is 0.340 e. The van der Waals surface area contributed by atoms with E-state index < -0.39 is 11.9 Å². The third kappa shape index (κ3) is 5.08. The summed E-state index contributed by atoms with van der Waals surface area (Å²) in [6.45, 7) is 4.06. The average Bonchev–Trinajstić information content (AvgIpc) is 2.77. The van der Waals surface area contributed by atoms with Gasteiger partial charge in [0.1, 0.15) is 23.7 Å². The Morgan fingerprint density at radius 3 is 2.54 bits per heavy atom. The van der Waals surface area contributed by atoms with Crippen LogP contribution < -0.4 is 10.5 Å². The summed E-state index contributed by atoms with van der Waals surface area (Å²) in [6, 6.07) is 10.6. The number of hydrogen-bond donors (Lipinski definition) is 1. The molecule has 0 saturated heterocycles. The summed E-state index contributed by atoms with van der Waals surface area (Å²) in [5.41, 5.74) is 7.56. The zero-order valence-electron chi connectivity index (χ0n) is 19.4. The molecule has 0 amide bonds. The molecule has 0 radical (unpaired) electrons. The summed E-state index contributed by atoms with van der Waals surface area (Å²) in [7, 11) is 1.26. The summed E-state index contributed by atoms with van der Waals surface area (Å²) in [5.74, 6) is -0.821. The first-order valence-corrected chi connectivity index (χ1v) is 12.4. The number of Topliss-reactive ketones (excluding diaryl/α,β-unsaturated/α-hetero) is 1. The van der Waals surface area contributed by atoms with Gasteiger partial charge in [-0.1, -0.05) is 59.0 Å². The molecular formula is C26H24BrCl2NO5. The van der Waals surface area contributed by atoms with Gasteiger partial charge in [-0.05, 0) is 35.7 Å². The predicted molar refractivity (Wildman–Crippen MR) is 137 cm³/mol. The number of carbonyl (C=O) groups is 2. The first-order valence-electron chi connectivity index (χ1n) is 10.9. The number of nitrogens with two attached hydrogens (primary N) is 1. The quantitative estimate of drug-likeness (QED) is 0.410. The van der Waals surface area contributed by atoms with E-state index in [1.165, 1.54) is 7.11 Å². The van der Waals surface area contributed by atoms with Crippen LogP contribution in [0.25, 0.3) is 0 Å². The Morgan fingerprint density at radius 1 is 1.20 bits per heavy atom. The van der Waals surface area contributed by atoms with Crippen molar-refractivity contribution in [2.24, 2.45) is 11.1 Å². The second-order valence-electron chi connectivity index (χ2n) is 9.25. The summed E-state index contributed by atoms with van der Waals surface area (Å²) in [5, 5.41) is 0.938. The van der Waals surface area contributed by atoms with Crippen LogP contribution in [0.5, 0.6) is 5.75 Å². The standard InChI is InChI=1S/C26H24BrCl2NO5/c1-26(2)10-18(31)22-20(11-26)35-24(30)23(25(32)33-3)21(22)14-9-13(27)7-8-19(14)34-12-15-16(28)5-4-6-17(15)29/h4-9,21H,10-12,30H2,1-3H3. The molecule has 1 aliphatic carbocycles. The van der Waals surface area contributed by atoms with Crippen LogP contribution in [0.2, 0.25) is 10.0 Å². The van der Waals surface area contributed by atoms with Crippen LogP contribution in [0.4, 0.5) is 0 Å². The summed E-state index contributed by atoms with van der Waals surface area (Å²) >= 11 is 16.1. The molecule has 4 rings (SSSR count). The van der Waals surface area contributed by atoms with E-state index in [-0.39, 0.29) is 29.3 Å². The van der Waals surface area contributed by atoms with Crippen molar-refractivity contribution in [2.45, 2.75) is 39.2 Å². The second kappa shape index (κ2) is 9.88. The average molecular weight is 581 g/mol. The van der Waals surface area contributed by atoms with Gasteiger partial charge in [0.2, 0.25) is 5.88 Å². The molecule has 1 unspecified atom stereocenters. The number of allylic oxidation sites excluding steroid dienone is 2. The maximum atomic E-state index is 13.4.